The number of hydrogen-bond acceptors (Lipinski definition) is 3. The number of hydrogen-bond donors (Lipinski definition) is 0. The van der Waals surface area contributed by atoms with Crippen LogP contribution < -0.4 is 4.90 Å². The maximum atomic E-state index is 11.8. The van der Waals surface area contributed by atoms with E-state index in [1.807, 2.05) is 40.0 Å². The fraction of sp³-hybridized carbons (Fsp3) is 0.500. The maximum absolute atomic E-state index is 11.8. The molecule has 0 aliphatic rings. The first kappa shape index (κ1) is 13.6. The van der Waals surface area contributed by atoms with Crippen molar-refractivity contribution in [1.29, 1.82) is 0 Å². The molecule has 17 heavy (non-hydrogen) atoms. The van der Waals surface area contributed by atoms with Gasteiger partial charge in [-0.05, 0) is 52.0 Å². The van der Waals surface area contributed by atoms with Gasteiger partial charge < -0.3 is 9.64 Å². The zero-order chi connectivity index (χ0) is 13.1. The third kappa shape index (κ3) is 4.10. The molecule has 1 aromatic rings. The van der Waals surface area contributed by atoms with E-state index in [4.69, 9.17) is 4.74 Å². The summed E-state index contributed by atoms with van der Waals surface area (Å²) in [6.07, 6.45) is 0. The highest BCUT2D eigenvalue weighted by Crippen LogP contribution is 2.16. The monoisotopic (exact) mass is 235 g/mol. The predicted octanol–water partition coefficient (Wildman–Crippen LogP) is 3.10. The largest absolute Gasteiger partial charge is 0.456 e. The topological polar surface area (TPSA) is 29.5 Å². The van der Waals surface area contributed by atoms with E-state index in [1.165, 1.54) is 0 Å². The highest BCUT2D eigenvalue weighted by Gasteiger charge is 2.17. The Labute approximate surface area is 103 Å². The van der Waals surface area contributed by atoms with Crippen LogP contribution in [-0.4, -0.2) is 25.2 Å². The van der Waals surface area contributed by atoms with Crippen LogP contribution in [0.3, 0.4) is 0 Å². The fourth-order valence-corrected chi connectivity index (χ4v) is 1.37. The van der Waals surface area contributed by atoms with Crippen molar-refractivity contribution in [2.24, 2.45) is 0 Å². The van der Waals surface area contributed by atoms with Crippen molar-refractivity contribution >= 4 is 11.7 Å². The van der Waals surface area contributed by atoms with Crippen LogP contribution in [-0.2, 0) is 4.74 Å². The zero-order valence-electron chi connectivity index (χ0n) is 11.3. The van der Waals surface area contributed by atoms with Gasteiger partial charge in [-0.25, -0.2) is 4.79 Å². The molecule has 3 heteroatoms. The van der Waals surface area contributed by atoms with Gasteiger partial charge in [-0.15, -0.1) is 0 Å². The van der Waals surface area contributed by atoms with E-state index in [9.17, 15) is 4.79 Å². The van der Waals surface area contributed by atoms with Crippen molar-refractivity contribution in [3.05, 3.63) is 29.8 Å². The SMILES string of the molecule is CCN(C)c1ccc(C(=O)OC(C)(C)C)cc1. The molecule has 94 valence electrons. The van der Waals surface area contributed by atoms with Crippen molar-refractivity contribution < 1.29 is 9.53 Å². The maximum Gasteiger partial charge on any atom is 0.338 e. The zero-order valence-corrected chi connectivity index (χ0v) is 11.3. The molecular formula is C14H21NO2. The van der Waals surface area contributed by atoms with Crippen LogP contribution in [0, 0.1) is 0 Å². The number of rotatable bonds is 3. The summed E-state index contributed by atoms with van der Waals surface area (Å²) in [6.45, 7) is 8.62. The lowest BCUT2D eigenvalue weighted by Crippen LogP contribution is -2.24. The third-order valence-electron chi connectivity index (χ3n) is 2.42. The van der Waals surface area contributed by atoms with Gasteiger partial charge in [-0.3, -0.25) is 0 Å². The number of nitrogens with zero attached hydrogens (tertiary/aromatic N) is 1. The van der Waals surface area contributed by atoms with Crippen LogP contribution in [0.5, 0.6) is 0 Å². The lowest BCUT2D eigenvalue weighted by molar-refractivity contribution is 0.00696. The smallest absolute Gasteiger partial charge is 0.338 e. The Bertz CT molecular complexity index is 376. The lowest BCUT2D eigenvalue weighted by atomic mass is 10.1. The second kappa shape index (κ2) is 5.21. The molecule has 0 atom stereocenters. The van der Waals surface area contributed by atoms with Crippen molar-refractivity contribution in [1.82, 2.24) is 0 Å². The number of anilines is 1. The third-order valence-corrected chi connectivity index (χ3v) is 2.42. The molecule has 0 amide bonds. The Hall–Kier alpha value is -1.51. The van der Waals surface area contributed by atoms with Gasteiger partial charge in [0.1, 0.15) is 5.60 Å². The van der Waals surface area contributed by atoms with Crippen LogP contribution >= 0.6 is 0 Å². The number of carbonyl (C=O) groups excluding carboxylic acids is 1. The molecule has 3 nitrogen and oxygen atoms in total. The second-order valence-electron chi connectivity index (χ2n) is 5.06. The molecule has 0 saturated heterocycles. The first-order chi connectivity index (χ1) is 7.83. The van der Waals surface area contributed by atoms with Gasteiger partial charge in [-0.1, -0.05) is 0 Å². The molecule has 0 bridgehead atoms. The number of esters is 1. The quantitative estimate of drug-likeness (QED) is 0.754. The van der Waals surface area contributed by atoms with E-state index < -0.39 is 5.60 Å². The molecule has 0 radical (unpaired) electrons. The molecule has 0 unspecified atom stereocenters. The number of carbonyl (C=O) groups is 1. The summed E-state index contributed by atoms with van der Waals surface area (Å²) in [5.41, 5.74) is 1.24. The van der Waals surface area contributed by atoms with E-state index >= 15 is 0 Å². The van der Waals surface area contributed by atoms with Gasteiger partial charge in [0.05, 0.1) is 5.56 Å². The van der Waals surface area contributed by atoms with Crippen molar-refractivity contribution in [3.63, 3.8) is 0 Å². The van der Waals surface area contributed by atoms with Crippen molar-refractivity contribution in [2.45, 2.75) is 33.3 Å². The number of benzene rings is 1. The average molecular weight is 235 g/mol. The normalized spacial score (nSPS) is 11.1. The van der Waals surface area contributed by atoms with Gasteiger partial charge in [-0.2, -0.15) is 0 Å². The van der Waals surface area contributed by atoms with Gasteiger partial charge >= 0.3 is 5.97 Å². The summed E-state index contributed by atoms with van der Waals surface area (Å²) in [5, 5.41) is 0. The minimum Gasteiger partial charge on any atom is -0.456 e. The van der Waals surface area contributed by atoms with Gasteiger partial charge in [0.25, 0.3) is 0 Å². The van der Waals surface area contributed by atoms with Crippen LogP contribution in [0.1, 0.15) is 38.1 Å². The lowest BCUT2D eigenvalue weighted by Gasteiger charge is -2.20. The van der Waals surface area contributed by atoms with Gasteiger partial charge in [0, 0.05) is 19.3 Å². The van der Waals surface area contributed by atoms with Crippen LogP contribution in [0.2, 0.25) is 0 Å². The molecule has 0 aliphatic heterocycles. The first-order valence-corrected chi connectivity index (χ1v) is 5.88. The Kier molecular flexibility index (Phi) is 4.16. The summed E-state index contributed by atoms with van der Waals surface area (Å²) in [7, 11) is 2.02. The summed E-state index contributed by atoms with van der Waals surface area (Å²) in [4.78, 5) is 13.9. The van der Waals surface area contributed by atoms with Crippen LogP contribution in [0.15, 0.2) is 24.3 Å². The predicted molar refractivity (Wildman–Crippen MR) is 70.6 cm³/mol. The summed E-state index contributed by atoms with van der Waals surface area (Å²) in [6, 6.07) is 7.47. The molecule has 1 aromatic carbocycles. The minimum absolute atomic E-state index is 0.275. The van der Waals surface area contributed by atoms with Crippen molar-refractivity contribution in [3.8, 4) is 0 Å². The molecule has 0 fully saturated rings. The van der Waals surface area contributed by atoms with E-state index in [0.717, 1.165) is 12.2 Å². The molecule has 0 heterocycles. The molecule has 0 saturated carbocycles. The summed E-state index contributed by atoms with van der Waals surface area (Å²) < 4.78 is 5.30. The molecule has 0 aromatic heterocycles. The van der Waals surface area contributed by atoms with Gasteiger partial charge in [0.15, 0.2) is 0 Å². The molecule has 0 aliphatic carbocycles. The van der Waals surface area contributed by atoms with Crippen LogP contribution in [0.4, 0.5) is 5.69 Å². The highest BCUT2D eigenvalue weighted by molar-refractivity contribution is 5.90. The van der Waals surface area contributed by atoms with Gasteiger partial charge in [0.2, 0.25) is 0 Å². The average Bonchev–Trinajstić information content (AvgIpc) is 2.26. The highest BCUT2D eigenvalue weighted by atomic mass is 16.6. The molecular weight excluding hydrogens is 214 g/mol. The van der Waals surface area contributed by atoms with E-state index in [-0.39, 0.29) is 5.97 Å². The fourth-order valence-electron chi connectivity index (χ4n) is 1.37. The standard InChI is InChI=1S/C14H21NO2/c1-6-15(5)12-9-7-11(8-10-12)13(16)17-14(2,3)4/h7-10H,6H2,1-5H3. The Morgan fingerprint density at radius 2 is 1.76 bits per heavy atom. The molecule has 0 N–H and O–H groups in total. The van der Waals surface area contributed by atoms with Crippen molar-refractivity contribution in [2.75, 3.05) is 18.5 Å². The Morgan fingerprint density at radius 1 is 1.24 bits per heavy atom. The Balaban J connectivity index is 2.77. The van der Waals surface area contributed by atoms with E-state index in [0.29, 0.717) is 5.56 Å². The van der Waals surface area contributed by atoms with E-state index in [2.05, 4.69) is 11.8 Å². The minimum atomic E-state index is -0.448. The summed E-state index contributed by atoms with van der Waals surface area (Å²) in [5.74, 6) is -0.275. The molecule has 0 spiro atoms. The number of ether oxygens (including phenoxy) is 1. The Morgan fingerprint density at radius 3 is 2.18 bits per heavy atom. The van der Waals surface area contributed by atoms with Crippen LogP contribution in [0.25, 0.3) is 0 Å². The second-order valence-corrected chi connectivity index (χ2v) is 5.06. The first-order valence-electron chi connectivity index (χ1n) is 5.88. The van der Waals surface area contributed by atoms with E-state index in [1.54, 1.807) is 12.1 Å². The summed E-state index contributed by atoms with van der Waals surface area (Å²) >= 11 is 0. The molecule has 1 rings (SSSR count).